The molecule has 0 aliphatic rings. The van der Waals surface area contributed by atoms with Crippen molar-refractivity contribution in [1.29, 1.82) is 5.26 Å². The predicted octanol–water partition coefficient (Wildman–Crippen LogP) is 1.08. The standard InChI is InChI=1S/C9H7ClN6/c1-5-7(12)8(15-9(10)14-5)16-3-2-13-6(16)4-11/h2-3H,12H2,1H3. The maximum Gasteiger partial charge on any atom is 0.224 e. The first-order valence-corrected chi connectivity index (χ1v) is 4.74. The van der Waals surface area contributed by atoms with E-state index in [4.69, 9.17) is 22.6 Å². The van der Waals surface area contributed by atoms with Crippen molar-refractivity contribution in [3.8, 4) is 11.9 Å². The summed E-state index contributed by atoms with van der Waals surface area (Å²) < 4.78 is 1.47. The van der Waals surface area contributed by atoms with Crippen molar-refractivity contribution < 1.29 is 0 Å². The van der Waals surface area contributed by atoms with Crippen molar-refractivity contribution >= 4 is 17.3 Å². The molecule has 0 aliphatic carbocycles. The molecule has 0 atom stereocenters. The Bertz CT molecular complexity index is 582. The topological polar surface area (TPSA) is 93.4 Å². The summed E-state index contributed by atoms with van der Waals surface area (Å²) in [5.74, 6) is 0.562. The van der Waals surface area contributed by atoms with Gasteiger partial charge in [0.15, 0.2) is 5.82 Å². The van der Waals surface area contributed by atoms with Crippen molar-refractivity contribution in [1.82, 2.24) is 19.5 Å². The van der Waals surface area contributed by atoms with E-state index in [-0.39, 0.29) is 11.1 Å². The monoisotopic (exact) mass is 234 g/mol. The molecule has 0 radical (unpaired) electrons. The van der Waals surface area contributed by atoms with E-state index in [1.807, 2.05) is 6.07 Å². The van der Waals surface area contributed by atoms with E-state index in [1.54, 1.807) is 13.1 Å². The molecule has 7 heteroatoms. The largest absolute Gasteiger partial charge is 0.394 e. The SMILES string of the molecule is Cc1nc(Cl)nc(-n2ccnc2C#N)c1N. The second kappa shape index (κ2) is 3.79. The Morgan fingerprint density at radius 1 is 1.50 bits per heavy atom. The predicted molar refractivity (Wildman–Crippen MR) is 58.0 cm³/mol. The first-order valence-electron chi connectivity index (χ1n) is 4.37. The Labute approximate surface area is 96.3 Å². The quantitative estimate of drug-likeness (QED) is 0.745. The van der Waals surface area contributed by atoms with Gasteiger partial charge >= 0.3 is 0 Å². The van der Waals surface area contributed by atoms with Gasteiger partial charge in [-0.15, -0.1) is 0 Å². The summed E-state index contributed by atoms with van der Waals surface area (Å²) in [5.41, 5.74) is 6.76. The minimum absolute atomic E-state index is 0.0827. The molecule has 2 rings (SSSR count). The maximum atomic E-state index is 8.85. The summed E-state index contributed by atoms with van der Waals surface area (Å²) in [5, 5.41) is 8.93. The highest BCUT2D eigenvalue weighted by molar-refractivity contribution is 6.28. The summed E-state index contributed by atoms with van der Waals surface area (Å²) in [7, 11) is 0. The second-order valence-electron chi connectivity index (χ2n) is 3.05. The molecule has 16 heavy (non-hydrogen) atoms. The molecule has 0 aliphatic heterocycles. The van der Waals surface area contributed by atoms with Crippen LogP contribution < -0.4 is 5.73 Å². The van der Waals surface area contributed by atoms with Gasteiger partial charge in [0.1, 0.15) is 6.07 Å². The lowest BCUT2D eigenvalue weighted by Crippen LogP contribution is -2.07. The van der Waals surface area contributed by atoms with Crippen molar-refractivity contribution in [3.05, 3.63) is 29.2 Å². The van der Waals surface area contributed by atoms with E-state index in [9.17, 15) is 0 Å². The van der Waals surface area contributed by atoms with E-state index < -0.39 is 0 Å². The third-order valence-corrected chi connectivity index (χ3v) is 2.23. The number of rotatable bonds is 1. The Hall–Kier alpha value is -2.13. The summed E-state index contributed by atoms with van der Waals surface area (Å²) in [4.78, 5) is 11.8. The van der Waals surface area contributed by atoms with Crippen LogP contribution >= 0.6 is 11.6 Å². The Morgan fingerprint density at radius 3 is 2.94 bits per heavy atom. The van der Waals surface area contributed by atoms with Gasteiger partial charge in [-0.2, -0.15) is 10.2 Å². The van der Waals surface area contributed by atoms with E-state index in [0.717, 1.165) is 0 Å². The molecule has 0 spiro atoms. The zero-order valence-electron chi connectivity index (χ0n) is 8.35. The van der Waals surface area contributed by atoms with Crippen LogP contribution in [0.4, 0.5) is 5.69 Å². The molecular weight excluding hydrogens is 228 g/mol. The van der Waals surface area contributed by atoms with Crippen LogP contribution in [0.15, 0.2) is 12.4 Å². The fraction of sp³-hybridized carbons (Fsp3) is 0.111. The molecule has 2 N–H and O–H groups in total. The molecule has 2 aromatic rings. The van der Waals surface area contributed by atoms with Crippen LogP contribution in [0.5, 0.6) is 0 Å². The van der Waals surface area contributed by atoms with Gasteiger partial charge in [-0.05, 0) is 18.5 Å². The van der Waals surface area contributed by atoms with Gasteiger partial charge < -0.3 is 5.73 Å². The minimum Gasteiger partial charge on any atom is -0.394 e. The van der Waals surface area contributed by atoms with Gasteiger partial charge in [0.05, 0.1) is 11.4 Å². The molecule has 0 unspecified atom stereocenters. The number of anilines is 1. The lowest BCUT2D eigenvalue weighted by atomic mass is 10.3. The highest BCUT2D eigenvalue weighted by Gasteiger charge is 2.12. The lowest BCUT2D eigenvalue weighted by Gasteiger charge is -2.08. The van der Waals surface area contributed by atoms with E-state index in [2.05, 4.69) is 15.0 Å². The number of nitrogen functional groups attached to an aromatic ring is 1. The fourth-order valence-corrected chi connectivity index (χ4v) is 1.48. The number of aryl methyl sites for hydroxylation is 1. The van der Waals surface area contributed by atoms with E-state index in [1.165, 1.54) is 10.8 Å². The van der Waals surface area contributed by atoms with E-state index in [0.29, 0.717) is 17.2 Å². The average molecular weight is 235 g/mol. The van der Waals surface area contributed by atoms with Gasteiger partial charge in [0.2, 0.25) is 11.1 Å². The molecule has 2 heterocycles. The first kappa shape index (κ1) is 10.4. The summed E-state index contributed by atoms with van der Waals surface area (Å²) >= 11 is 5.74. The molecule has 0 bridgehead atoms. The number of nitrogens with two attached hydrogens (primary N) is 1. The molecule has 0 saturated heterocycles. The van der Waals surface area contributed by atoms with Crippen molar-refractivity contribution in [2.24, 2.45) is 0 Å². The van der Waals surface area contributed by atoms with Crippen molar-refractivity contribution in [2.75, 3.05) is 5.73 Å². The molecule has 0 aromatic carbocycles. The normalized spacial score (nSPS) is 10.1. The minimum atomic E-state index is 0.0827. The lowest BCUT2D eigenvalue weighted by molar-refractivity contribution is 0.944. The molecule has 0 amide bonds. The maximum absolute atomic E-state index is 8.85. The Morgan fingerprint density at radius 2 is 2.25 bits per heavy atom. The van der Waals surface area contributed by atoms with Crippen LogP contribution in [-0.4, -0.2) is 19.5 Å². The van der Waals surface area contributed by atoms with Crippen LogP contribution in [0.2, 0.25) is 5.28 Å². The Kier molecular flexibility index (Phi) is 2.46. The first-order chi connectivity index (χ1) is 7.63. The number of halogens is 1. The molecular formula is C9H7ClN6. The molecule has 0 fully saturated rings. The van der Waals surface area contributed by atoms with Crippen LogP contribution in [0.3, 0.4) is 0 Å². The van der Waals surface area contributed by atoms with Crippen LogP contribution in [0.1, 0.15) is 11.5 Å². The fourth-order valence-electron chi connectivity index (χ4n) is 1.27. The highest BCUT2D eigenvalue weighted by atomic mass is 35.5. The third-order valence-electron chi connectivity index (χ3n) is 2.06. The average Bonchev–Trinajstić information content (AvgIpc) is 2.71. The Balaban J connectivity index is 2.70. The number of nitrogens with zero attached hydrogens (tertiary/aromatic N) is 5. The van der Waals surface area contributed by atoms with E-state index >= 15 is 0 Å². The second-order valence-corrected chi connectivity index (χ2v) is 3.39. The van der Waals surface area contributed by atoms with Crippen LogP contribution in [0, 0.1) is 18.3 Å². The highest BCUT2D eigenvalue weighted by Crippen LogP contribution is 2.20. The summed E-state index contributed by atoms with van der Waals surface area (Å²) in [6.45, 7) is 1.72. The van der Waals surface area contributed by atoms with Crippen molar-refractivity contribution in [3.63, 3.8) is 0 Å². The van der Waals surface area contributed by atoms with Crippen LogP contribution in [0.25, 0.3) is 5.82 Å². The molecule has 2 aromatic heterocycles. The molecule has 6 nitrogen and oxygen atoms in total. The molecule has 0 saturated carbocycles. The van der Waals surface area contributed by atoms with Crippen molar-refractivity contribution in [2.45, 2.75) is 6.92 Å². The number of aromatic nitrogens is 4. The number of hydrogen-bond acceptors (Lipinski definition) is 5. The zero-order valence-corrected chi connectivity index (χ0v) is 9.10. The zero-order chi connectivity index (χ0) is 11.7. The van der Waals surface area contributed by atoms with Crippen LogP contribution in [-0.2, 0) is 0 Å². The third kappa shape index (κ3) is 1.57. The van der Waals surface area contributed by atoms with Gasteiger partial charge in [-0.3, -0.25) is 4.57 Å². The number of nitriles is 1. The van der Waals surface area contributed by atoms with Gasteiger partial charge in [-0.25, -0.2) is 9.97 Å². The van der Waals surface area contributed by atoms with Gasteiger partial charge in [-0.1, -0.05) is 0 Å². The van der Waals surface area contributed by atoms with Gasteiger partial charge in [0, 0.05) is 12.4 Å². The molecule has 80 valence electrons. The number of imidazole rings is 1. The number of hydrogen-bond donors (Lipinski definition) is 1. The summed E-state index contributed by atoms with van der Waals surface area (Å²) in [6, 6.07) is 1.93. The smallest absolute Gasteiger partial charge is 0.224 e. The summed E-state index contributed by atoms with van der Waals surface area (Å²) in [6.07, 6.45) is 3.08. The van der Waals surface area contributed by atoms with Gasteiger partial charge in [0.25, 0.3) is 0 Å².